The molecule has 4 rings (SSSR count). The van der Waals surface area contributed by atoms with Crippen LogP contribution >= 0.6 is 0 Å². The third kappa shape index (κ3) is 7.49. The maximum atomic E-state index is 14.0. The highest BCUT2D eigenvalue weighted by Gasteiger charge is 2.23. The van der Waals surface area contributed by atoms with Crippen LogP contribution in [0, 0.1) is 11.6 Å². The van der Waals surface area contributed by atoms with Gasteiger partial charge in [-0.3, -0.25) is 0 Å². The molecular weight excluding hydrogens is 490 g/mol. The van der Waals surface area contributed by atoms with Crippen molar-refractivity contribution in [3.05, 3.63) is 60.2 Å². The number of urea groups is 2. The molecule has 0 saturated carbocycles. The Morgan fingerprint density at radius 2 is 0.947 bits per heavy atom. The first kappa shape index (κ1) is 27.5. The van der Waals surface area contributed by atoms with Gasteiger partial charge in [0.1, 0.15) is 11.6 Å². The fourth-order valence-electron chi connectivity index (χ4n) is 4.94. The molecule has 0 bridgehead atoms. The van der Waals surface area contributed by atoms with Crippen molar-refractivity contribution in [1.29, 1.82) is 0 Å². The van der Waals surface area contributed by atoms with Gasteiger partial charge >= 0.3 is 12.1 Å². The first-order valence-electron chi connectivity index (χ1n) is 13.6. The summed E-state index contributed by atoms with van der Waals surface area (Å²) in [6.45, 7) is 5.95. The van der Waals surface area contributed by atoms with Crippen LogP contribution in [-0.4, -0.2) is 87.3 Å². The van der Waals surface area contributed by atoms with Crippen LogP contribution in [-0.2, 0) is 0 Å². The van der Waals surface area contributed by atoms with E-state index in [2.05, 4.69) is 10.6 Å². The van der Waals surface area contributed by atoms with E-state index in [4.69, 9.17) is 0 Å². The number of amides is 4. The number of benzene rings is 2. The third-order valence-corrected chi connectivity index (χ3v) is 7.18. The molecule has 0 aliphatic carbocycles. The van der Waals surface area contributed by atoms with Crippen LogP contribution in [0.4, 0.5) is 29.7 Å². The molecule has 8 nitrogen and oxygen atoms in total. The molecule has 2 N–H and O–H groups in total. The van der Waals surface area contributed by atoms with Crippen molar-refractivity contribution < 1.29 is 18.4 Å². The van der Waals surface area contributed by atoms with Crippen molar-refractivity contribution in [1.82, 2.24) is 20.4 Å². The number of hydrogen-bond acceptors (Lipinski definition) is 4. The second-order valence-electron chi connectivity index (χ2n) is 9.73. The van der Waals surface area contributed by atoms with Crippen LogP contribution in [0.3, 0.4) is 0 Å². The second-order valence-corrected chi connectivity index (χ2v) is 9.73. The number of anilines is 2. The van der Waals surface area contributed by atoms with E-state index >= 15 is 0 Å². The van der Waals surface area contributed by atoms with Crippen LogP contribution in [0.1, 0.15) is 25.7 Å². The largest absolute Gasteiger partial charge is 0.366 e. The summed E-state index contributed by atoms with van der Waals surface area (Å²) in [6.07, 6.45) is 3.71. The maximum Gasteiger partial charge on any atom is 0.317 e. The highest BCUT2D eigenvalue weighted by molar-refractivity contribution is 5.75. The van der Waals surface area contributed by atoms with Gasteiger partial charge in [-0.1, -0.05) is 37.1 Å². The fraction of sp³-hybridized carbons (Fsp3) is 0.500. The quantitative estimate of drug-likeness (QED) is 0.485. The molecule has 10 heteroatoms. The van der Waals surface area contributed by atoms with Crippen LogP contribution in [0.2, 0.25) is 0 Å². The van der Waals surface area contributed by atoms with Gasteiger partial charge in [-0.15, -0.1) is 0 Å². The van der Waals surface area contributed by atoms with Gasteiger partial charge in [0.05, 0.1) is 11.4 Å². The molecule has 2 aromatic rings. The first-order valence-corrected chi connectivity index (χ1v) is 13.6. The lowest BCUT2D eigenvalue weighted by Crippen LogP contribution is -2.52. The van der Waals surface area contributed by atoms with Crippen LogP contribution in [0.15, 0.2) is 48.5 Å². The summed E-state index contributed by atoms with van der Waals surface area (Å²) in [5, 5.41) is 5.96. The minimum Gasteiger partial charge on any atom is -0.366 e. The van der Waals surface area contributed by atoms with E-state index in [9.17, 15) is 18.4 Å². The second kappa shape index (κ2) is 13.8. The van der Waals surface area contributed by atoms with Crippen LogP contribution in [0.25, 0.3) is 0 Å². The number of rotatable bonds is 9. The zero-order valence-corrected chi connectivity index (χ0v) is 21.9. The van der Waals surface area contributed by atoms with E-state index in [1.165, 1.54) is 12.1 Å². The Morgan fingerprint density at radius 1 is 0.579 bits per heavy atom. The molecule has 0 spiro atoms. The zero-order valence-electron chi connectivity index (χ0n) is 21.9. The summed E-state index contributed by atoms with van der Waals surface area (Å²) in [4.78, 5) is 32.4. The lowest BCUT2D eigenvalue weighted by Gasteiger charge is -2.36. The zero-order chi connectivity index (χ0) is 26.7. The highest BCUT2D eigenvalue weighted by atomic mass is 19.1. The summed E-state index contributed by atoms with van der Waals surface area (Å²) in [5.74, 6) is -0.464. The van der Waals surface area contributed by atoms with Crippen molar-refractivity contribution in [2.45, 2.75) is 25.7 Å². The first-order chi connectivity index (χ1) is 18.5. The fourth-order valence-corrected chi connectivity index (χ4v) is 4.94. The Labute approximate surface area is 223 Å². The lowest BCUT2D eigenvalue weighted by atomic mass is 10.2. The van der Waals surface area contributed by atoms with Gasteiger partial charge in [-0.25, -0.2) is 18.4 Å². The van der Waals surface area contributed by atoms with Gasteiger partial charge in [-0.2, -0.15) is 0 Å². The number of nitrogens with zero attached hydrogens (tertiary/aromatic N) is 4. The molecule has 2 aromatic carbocycles. The normalized spacial score (nSPS) is 15.9. The number of hydrogen-bond donors (Lipinski definition) is 2. The van der Waals surface area contributed by atoms with Crippen molar-refractivity contribution in [3.8, 4) is 0 Å². The molecular formula is C28H38F2N6O2. The lowest BCUT2D eigenvalue weighted by molar-refractivity contribution is 0.193. The van der Waals surface area contributed by atoms with E-state index in [-0.39, 0.29) is 23.7 Å². The molecule has 2 saturated heterocycles. The summed E-state index contributed by atoms with van der Waals surface area (Å²) < 4.78 is 28.0. The Bertz CT molecular complexity index is 972. The van der Waals surface area contributed by atoms with Gasteiger partial charge in [0.2, 0.25) is 0 Å². The Hall–Kier alpha value is -3.56. The average Bonchev–Trinajstić information content (AvgIpc) is 2.95. The minimum absolute atomic E-state index is 0.0689. The van der Waals surface area contributed by atoms with Crippen molar-refractivity contribution in [3.63, 3.8) is 0 Å². The van der Waals surface area contributed by atoms with Gasteiger partial charge in [0.25, 0.3) is 0 Å². The number of unbranched alkanes of at least 4 members (excludes halogenated alkanes) is 3. The molecule has 2 aliphatic rings. The predicted octanol–water partition coefficient (Wildman–Crippen LogP) is 3.89. The Morgan fingerprint density at radius 3 is 1.32 bits per heavy atom. The number of nitrogens with one attached hydrogen (secondary N) is 2. The van der Waals surface area contributed by atoms with Crippen molar-refractivity contribution in [2.24, 2.45) is 0 Å². The summed E-state index contributed by atoms with van der Waals surface area (Å²) in [5.41, 5.74) is 1.18. The summed E-state index contributed by atoms with van der Waals surface area (Å²) >= 11 is 0. The average molecular weight is 529 g/mol. The van der Waals surface area contributed by atoms with Crippen molar-refractivity contribution in [2.75, 3.05) is 75.2 Å². The standard InChI is InChI=1S/C28H38F2N6O2/c29-23-9-3-5-11-25(23)33-15-19-35(20-16-33)27(37)31-13-7-1-2-8-14-32-28(38)36-21-17-34(18-22-36)26-12-6-4-10-24(26)30/h3-6,9-12H,1-2,7-8,13-22H2,(H,31,37)(H,32,38). The maximum absolute atomic E-state index is 14.0. The number of para-hydroxylation sites is 2. The third-order valence-electron chi connectivity index (χ3n) is 7.18. The summed E-state index contributed by atoms with van der Waals surface area (Å²) in [6, 6.07) is 13.3. The Balaban J connectivity index is 1.01. The van der Waals surface area contributed by atoms with E-state index in [1.54, 1.807) is 34.1 Å². The smallest absolute Gasteiger partial charge is 0.317 e. The number of carbonyl (C=O) groups excluding carboxylic acids is 2. The van der Waals surface area contributed by atoms with Gasteiger partial charge in [0.15, 0.2) is 0 Å². The van der Waals surface area contributed by atoms with Crippen molar-refractivity contribution >= 4 is 23.4 Å². The van der Waals surface area contributed by atoms with Crippen LogP contribution in [0.5, 0.6) is 0 Å². The molecule has 0 atom stereocenters. The van der Waals surface area contributed by atoms with E-state index < -0.39 is 0 Å². The molecule has 0 radical (unpaired) electrons. The van der Waals surface area contributed by atoms with Gasteiger partial charge in [0, 0.05) is 65.4 Å². The number of halogens is 2. The SMILES string of the molecule is O=C(NCCCCCCNC(=O)N1CCN(c2ccccc2F)CC1)N1CCN(c2ccccc2F)CC1. The summed E-state index contributed by atoms with van der Waals surface area (Å²) in [7, 11) is 0. The van der Waals surface area contributed by atoms with E-state index in [1.807, 2.05) is 21.9 Å². The van der Waals surface area contributed by atoms with E-state index in [0.717, 1.165) is 25.7 Å². The molecule has 2 aliphatic heterocycles. The molecule has 0 unspecified atom stereocenters. The van der Waals surface area contributed by atoms with Gasteiger partial charge < -0.3 is 30.2 Å². The number of piperazine rings is 2. The number of carbonyl (C=O) groups is 2. The topological polar surface area (TPSA) is 71.2 Å². The highest BCUT2D eigenvalue weighted by Crippen LogP contribution is 2.21. The van der Waals surface area contributed by atoms with Gasteiger partial charge in [-0.05, 0) is 37.1 Å². The molecule has 0 aromatic heterocycles. The molecule has 38 heavy (non-hydrogen) atoms. The molecule has 4 amide bonds. The Kier molecular flexibility index (Phi) is 10.0. The van der Waals surface area contributed by atoms with Crippen LogP contribution < -0.4 is 20.4 Å². The monoisotopic (exact) mass is 528 g/mol. The minimum atomic E-state index is -0.232. The molecule has 2 heterocycles. The predicted molar refractivity (Wildman–Crippen MR) is 146 cm³/mol. The molecule has 206 valence electrons. The molecule has 2 fully saturated rings. The van der Waals surface area contributed by atoms with E-state index in [0.29, 0.717) is 76.8 Å².